The second kappa shape index (κ2) is 6.49. The predicted octanol–water partition coefficient (Wildman–Crippen LogP) is -0.0502. The summed E-state index contributed by atoms with van der Waals surface area (Å²) in [5, 5.41) is 0. The third-order valence-corrected chi connectivity index (χ3v) is 3.06. The maximum Gasteiger partial charge on any atom is 0.376 e. The number of methoxy groups -OCH3 is 2. The topological polar surface area (TPSA) is 90.8 Å². The number of carbonyl (C=O) groups is 2. The zero-order chi connectivity index (χ0) is 15.4. The molecule has 1 fully saturated rings. The Morgan fingerprint density at radius 3 is 2.76 bits per heavy atom. The highest BCUT2D eigenvalue weighted by molar-refractivity contribution is 5.85. The number of nitrogens with zero attached hydrogens (tertiary/aromatic N) is 3. The van der Waals surface area contributed by atoms with Crippen LogP contribution >= 0.6 is 0 Å². The van der Waals surface area contributed by atoms with E-state index in [1.165, 1.54) is 14.2 Å². The SMILES string of the molecule is COC(=O)c1nc(C)cc(N2CCOC(C(=O)OC)C2)n1. The molecule has 1 aromatic rings. The summed E-state index contributed by atoms with van der Waals surface area (Å²) >= 11 is 0. The van der Waals surface area contributed by atoms with Crippen molar-refractivity contribution in [2.75, 3.05) is 38.8 Å². The first kappa shape index (κ1) is 15.2. The van der Waals surface area contributed by atoms with Crippen molar-refractivity contribution in [1.82, 2.24) is 9.97 Å². The minimum atomic E-state index is -0.666. The fraction of sp³-hybridized carbons (Fsp3) is 0.538. The van der Waals surface area contributed by atoms with Crippen LogP contribution in [-0.4, -0.2) is 61.9 Å². The predicted molar refractivity (Wildman–Crippen MR) is 72.1 cm³/mol. The van der Waals surface area contributed by atoms with E-state index in [2.05, 4.69) is 19.4 Å². The summed E-state index contributed by atoms with van der Waals surface area (Å²) in [6, 6.07) is 1.74. The number of anilines is 1. The first-order valence-electron chi connectivity index (χ1n) is 6.43. The molecule has 114 valence electrons. The molecular weight excluding hydrogens is 278 g/mol. The number of ether oxygens (including phenoxy) is 3. The Morgan fingerprint density at radius 2 is 2.10 bits per heavy atom. The zero-order valence-corrected chi connectivity index (χ0v) is 12.2. The third-order valence-electron chi connectivity index (χ3n) is 3.06. The monoisotopic (exact) mass is 295 g/mol. The first-order chi connectivity index (χ1) is 10.0. The zero-order valence-electron chi connectivity index (χ0n) is 12.2. The number of esters is 2. The van der Waals surface area contributed by atoms with E-state index < -0.39 is 18.0 Å². The smallest absolute Gasteiger partial charge is 0.376 e. The molecule has 8 nitrogen and oxygen atoms in total. The molecule has 0 saturated carbocycles. The largest absolute Gasteiger partial charge is 0.467 e. The van der Waals surface area contributed by atoms with Crippen molar-refractivity contribution < 1.29 is 23.8 Å². The van der Waals surface area contributed by atoms with Crippen LogP contribution in [0.1, 0.15) is 16.3 Å². The summed E-state index contributed by atoms with van der Waals surface area (Å²) in [6.07, 6.45) is -0.666. The van der Waals surface area contributed by atoms with Crippen molar-refractivity contribution in [2.24, 2.45) is 0 Å². The molecule has 0 N–H and O–H groups in total. The minimum Gasteiger partial charge on any atom is -0.467 e. The van der Waals surface area contributed by atoms with Crippen LogP contribution in [0, 0.1) is 6.92 Å². The average Bonchev–Trinajstić information content (AvgIpc) is 2.52. The van der Waals surface area contributed by atoms with Crippen molar-refractivity contribution in [3.63, 3.8) is 0 Å². The van der Waals surface area contributed by atoms with E-state index in [0.29, 0.717) is 31.2 Å². The molecule has 0 amide bonds. The molecule has 0 radical (unpaired) electrons. The van der Waals surface area contributed by atoms with Crippen molar-refractivity contribution in [2.45, 2.75) is 13.0 Å². The van der Waals surface area contributed by atoms with Crippen LogP contribution in [0.3, 0.4) is 0 Å². The number of rotatable bonds is 3. The van der Waals surface area contributed by atoms with Gasteiger partial charge in [0.1, 0.15) is 5.82 Å². The van der Waals surface area contributed by atoms with Gasteiger partial charge < -0.3 is 19.1 Å². The van der Waals surface area contributed by atoms with Crippen molar-refractivity contribution >= 4 is 17.8 Å². The van der Waals surface area contributed by atoms with E-state index in [4.69, 9.17) is 4.74 Å². The highest BCUT2D eigenvalue weighted by Crippen LogP contribution is 2.17. The van der Waals surface area contributed by atoms with Gasteiger partial charge in [-0.1, -0.05) is 0 Å². The van der Waals surface area contributed by atoms with Gasteiger partial charge in [-0.05, 0) is 6.92 Å². The lowest BCUT2D eigenvalue weighted by molar-refractivity contribution is -0.154. The van der Waals surface area contributed by atoms with Crippen LogP contribution in [0.2, 0.25) is 0 Å². The van der Waals surface area contributed by atoms with Crippen LogP contribution in [0.4, 0.5) is 5.82 Å². The lowest BCUT2D eigenvalue weighted by Crippen LogP contribution is -2.47. The Bertz CT molecular complexity index is 549. The summed E-state index contributed by atoms with van der Waals surface area (Å²) in [4.78, 5) is 33.2. The lowest BCUT2D eigenvalue weighted by atomic mass is 10.2. The van der Waals surface area contributed by atoms with Gasteiger partial charge in [0.05, 0.1) is 27.4 Å². The van der Waals surface area contributed by atoms with E-state index >= 15 is 0 Å². The Labute approximate surface area is 122 Å². The molecule has 1 aliphatic heterocycles. The number of aryl methyl sites for hydroxylation is 1. The first-order valence-corrected chi connectivity index (χ1v) is 6.43. The molecule has 1 saturated heterocycles. The van der Waals surface area contributed by atoms with Gasteiger partial charge in [0, 0.05) is 18.3 Å². The lowest BCUT2D eigenvalue weighted by Gasteiger charge is -2.32. The molecule has 0 aliphatic carbocycles. The van der Waals surface area contributed by atoms with E-state index in [0.717, 1.165) is 0 Å². The standard InChI is InChI=1S/C13H17N3O5/c1-8-6-10(15-11(14-8)13(18)20-3)16-4-5-21-9(7-16)12(17)19-2/h6,9H,4-5,7H2,1-3H3. The highest BCUT2D eigenvalue weighted by atomic mass is 16.6. The highest BCUT2D eigenvalue weighted by Gasteiger charge is 2.28. The summed E-state index contributed by atoms with van der Waals surface area (Å²) in [7, 11) is 2.59. The fourth-order valence-electron chi connectivity index (χ4n) is 2.03. The van der Waals surface area contributed by atoms with Crippen LogP contribution < -0.4 is 4.90 Å². The van der Waals surface area contributed by atoms with Crippen molar-refractivity contribution in [3.8, 4) is 0 Å². The quantitative estimate of drug-likeness (QED) is 0.717. The molecule has 21 heavy (non-hydrogen) atoms. The molecule has 1 aromatic heterocycles. The Kier molecular flexibility index (Phi) is 4.69. The molecule has 1 unspecified atom stereocenters. The van der Waals surface area contributed by atoms with Gasteiger partial charge >= 0.3 is 11.9 Å². The van der Waals surface area contributed by atoms with Gasteiger partial charge in [-0.2, -0.15) is 0 Å². The van der Waals surface area contributed by atoms with Gasteiger partial charge in [-0.3, -0.25) is 0 Å². The summed E-state index contributed by atoms with van der Waals surface area (Å²) in [5.41, 5.74) is 0.640. The Morgan fingerprint density at radius 1 is 1.33 bits per heavy atom. The molecular formula is C13H17N3O5. The van der Waals surface area contributed by atoms with Gasteiger partial charge in [0.15, 0.2) is 6.10 Å². The number of carbonyl (C=O) groups excluding carboxylic acids is 2. The van der Waals surface area contributed by atoms with E-state index in [-0.39, 0.29) is 5.82 Å². The van der Waals surface area contributed by atoms with E-state index in [9.17, 15) is 9.59 Å². The minimum absolute atomic E-state index is 0.00592. The molecule has 0 spiro atoms. The van der Waals surface area contributed by atoms with Gasteiger partial charge in [-0.15, -0.1) is 0 Å². The summed E-state index contributed by atoms with van der Waals surface area (Å²) < 4.78 is 14.7. The second-order valence-electron chi connectivity index (χ2n) is 4.51. The molecule has 0 bridgehead atoms. The van der Waals surface area contributed by atoms with Crippen LogP contribution in [-0.2, 0) is 19.0 Å². The second-order valence-corrected chi connectivity index (χ2v) is 4.51. The average molecular weight is 295 g/mol. The fourth-order valence-corrected chi connectivity index (χ4v) is 2.03. The van der Waals surface area contributed by atoms with E-state index in [1.807, 2.05) is 4.90 Å². The molecule has 1 atom stereocenters. The number of hydrogen-bond donors (Lipinski definition) is 0. The maximum absolute atomic E-state index is 11.6. The van der Waals surface area contributed by atoms with Crippen molar-refractivity contribution in [3.05, 3.63) is 17.6 Å². The molecule has 0 aromatic carbocycles. The molecule has 2 rings (SSSR count). The van der Waals surface area contributed by atoms with Crippen LogP contribution in [0.25, 0.3) is 0 Å². The number of morpholine rings is 1. The van der Waals surface area contributed by atoms with Crippen molar-refractivity contribution in [1.29, 1.82) is 0 Å². The third kappa shape index (κ3) is 3.46. The number of aromatic nitrogens is 2. The van der Waals surface area contributed by atoms with E-state index in [1.54, 1.807) is 13.0 Å². The van der Waals surface area contributed by atoms with Crippen LogP contribution in [0.5, 0.6) is 0 Å². The van der Waals surface area contributed by atoms with Gasteiger partial charge in [-0.25, -0.2) is 19.6 Å². The molecule has 8 heteroatoms. The molecule has 2 heterocycles. The summed E-state index contributed by atoms with van der Waals surface area (Å²) in [6.45, 7) is 3.00. The molecule has 1 aliphatic rings. The van der Waals surface area contributed by atoms with Gasteiger partial charge in [0.2, 0.25) is 5.82 Å². The normalized spacial score (nSPS) is 18.2. The number of hydrogen-bond acceptors (Lipinski definition) is 8. The summed E-state index contributed by atoms with van der Waals surface area (Å²) in [5.74, 6) is -0.481. The maximum atomic E-state index is 11.6. The Balaban J connectivity index is 2.22. The Hall–Kier alpha value is -2.22. The van der Waals surface area contributed by atoms with Gasteiger partial charge in [0.25, 0.3) is 0 Å². The van der Waals surface area contributed by atoms with Crippen LogP contribution in [0.15, 0.2) is 6.07 Å².